The zero-order valence-electron chi connectivity index (χ0n) is 19.7. The van der Waals surface area contributed by atoms with Crippen LogP contribution in [0, 0.1) is 0 Å². The lowest BCUT2D eigenvalue weighted by Crippen LogP contribution is -2.43. The number of likely N-dealkylation sites (N-methyl/N-ethyl adjacent to an activating group) is 1. The number of nitrogens with one attached hydrogen (secondary N) is 1. The van der Waals surface area contributed by atoms with E-state index in [4.69, 9.17) is 14.7 Å². The molecule has 4 heterocycles. The lowest BCUT2D eigenvalue weighted by Gasteiger charge is -2.27. The van der Waals surface area contributed by atoms with Crippen LogP contribution >= 0.6 is 11.3 Å². The molecule has 0 bridgehead atoms. The zero-order valence-corrected chi connectivity index (χ0v) is 21.3. The maximum absolute atomic E-state index is 12.9. The van der Waals surface area contributed by atoms with E-state index in [-0.39, 0.29) is 30.0 Å². The predicted molar refractivity (Wildman–Crippen MR) is 133 cm³/mol. The number of anilines is 1. The average molecular weight is 508 g/mol. The van der Waals surface area contributed by atoms with Crippen molar-refractivity contribution in [1.82, 2.24) is 20.2 Å². The number of morpholine rings is 1. The van der Waals surface area contributed by atoms with E-state index in [0.717, 1.165) is 67.4 Å². The minimum atomic E-state index is -3.04. The molecule has 0 radical (unpaired) electrons. The van der Waals surface area contributed by atoms with Gasteiger partial charge in [-0.1, -0.05) is 0 Å². The molecule has 3 aliphatic rings. The number of sulfone groups is 1. The normalized spacial score (nSPS) is 22.6. The van der Waals surface area contributed by atoms with Gasteiger partial charge in [0.1, 0.15) is 16.5 Å². The highest BCUT2D eigenvalue weighted by atomic mass is 32.2. The van der Waals surface area contributed by atoms with Gasteiger partial charge in [-0.15, -0.1) is 11.3 Å². The van der Waals surface area contributed by atoms with Crippen LogP contribution in [-0.2, 0) is 38.8 Å². The third-order valence-electron chi connectivity index (χ3n) is 6.92. The van der Waals surface area contributed by atoms with Gasteiger partial charge in [-0.25, -0.2) is 18.4 Å². The Morgan fingerprint density at radius 3 is 2.76 bits per heavy atom. The van der Waals surface area contributed by atoms with Crippen LogP contribution in [0.2, 0.25) is 0 Å². The number of rotatable bonds is 7. The van der Waals surface area contributed by atoms with Crippen LogP contribution in [0.1, 0.15) is 42.5 Å². The summed E-state index contributed by atoms with van der Waals surface area (Å²) in [6.45, 7) is 6.65. The zero-order chi connectivity index (χ0) is 23.7. The Morgan fingerprint density at radius 2 is 2.03 bits per heavy atom. The van der Waals surface area contributed by atoms with E-state index >= 15 is 0 Å². The van der Waals surface area contributed by atoms with Crippen LogP contribution in [0.4, 0.5) is 5.82 Å². The van der Waals surface area contributed by atoms with E-state index in [1.54, 1.807) is 11.3 Å². The Bertz CT molecular complexity index is 1160. The highest BCUT2D eigenvalue weighted by molar-refractivity contribution is 7.91. The minimum Gasteiger partial charge on any atom is -0.379 e. The molecule has 2 aromatic heterocycles. The Balaban J connectivity index is 1.43. The summed E-state index contributed by atoms with van der Waals surface area (Å²) < 4.78 is 29.1. The first-order valence-electron chi connectivity index (χ1n) is 12.3. The first kappa shape index (κ1) is 23.9. The molecule has 9 nitrogen and oxygen atoms in total. The van der Waals surface area contributed by atoms with Gasteiger partial charge in [0, 0.05) is 30.6 Å². The number of ether oxygens (including phenoxy) is 1. The average Bonchev–Trinajstić information content (AvgIpc) is 3.36. The topological polar surface area (TPSA) is 105 Å². The first-order valence-corrected chi connectivity index (χ1v) is 14.9. The van der Waals surface area contributed by atoms with Gasteiger partial charge in [-0.2, -0.15) is 0 Å². The summed E-state index contributed by atoms with van der Waals surface area (Å²) in [7, 11) is -3.04. The van der Waals surface area contributed by atoms with Crippen molar-refractivity contribution in [2.45, 2.75) is 51.6 Å². The van der Waals surface area contributed by atoms with Gasteiger partial charge >= 0.3 is 0 Å². The van der Waals surface area contributed by atoms with Crippen molar-refractivity contribution in [1.29, 1.82) is 0 Å². The molecule has 1 atom stereocenters. The number of carbonyl (C=O) groups excluding carboxylic acids is 1. The maximum atomic E-state index is 12.9. The predicted octanol–water partition coefficient (Wildman–Crippen LogP) is 1.53. The highest BCUT2D eigenvalue weighted by Crippen LogP contribution is 2.39. The number of hydrogen-bond donors (Lipinski definition) is 1. The van der Waals surface area contributed by atoms with Crippen LogP contribution in [0.5, 0.6) is 0 Å². The van der Waals surface area contributed by atoms with E-state index in [0.29, 0.717) is 19.5 Å². The first-order chi connectivity index (χ1) is 16.4. The van der Waals surface area contributed by atoms with Crippen LogP contribution in [0.25, 0.3) is 10.2 Å². The molecule has 34 heavy (non-hydrogen) atoms. The summed E-state index contributed by atoms with van der Waals surface area (Å²) in [4.78, 5) is 29.6. The van der Waals surface area contributed by atoms with Gasteiger partial charge in [0.15, 0.2) is 9.84 Å². The van der Waals surface area contributed by atoms with Gasteiger partial charge < -0.3 is 15.0 Å². The van der Waals surface area contributed by atoms with Crippen molar-refractivity contribution in [3.8, 4) is 0 Å². The molecule has 0 saturated carbocycles. The molecule has 1 amide bonds. The molecule has 11 heteroatoms. The lowest BCUT2D eigenvalue weighted by atomic mass is 9.97. The molecule has 2 fully saturated rings. The third-order valence-corrected chi connectivity index (χ3v) is 9.88. The number of carbonyl (C=O) groups is 1. The van der Waals surface area contributed by atoms with Crippen LogP contribution < -0.4 is 10.2 Å². The van der Waals surface area contributed by atoms with Crippen molar-refractivity contribution < 1.29 is 17.9 Å². The molecule has 0 aromatic carbocycles. The van der Waals surface area contributed by atoms with Crippen LogP contribution in [0.3, 0.4) is 0 Å². The maximum Gasteiger partial charge on any atom is 0.239 e. The standard InChI is InChI=1S/C23H33N5O4S2/c1-2-28(14-20(29)24-16-7-12-34(30,31)15-16)22-21-17-5-3-4-6-18(17)33-23(21)26-19(25-22)13-27-8-10-32-11-9-27/h16H,2-15H2,1H3,(H,24,29)/t16-/m1/s1. The minimum absolute atomic E-state index is 0.0321. The summed E-state index contributed by atoms with van der Waals surface area (Å²) in [6, 6.07) is -0.299. The molecule has 5 rings (SSSR count). The van der Waals surface area contributed by atoms with Gasteiger partial charge in [0.05, 0.1) is 43.2 Å². The quantitative estimate of drug-likeness (QED) is 0.602. The van der Waals surface area contributed by atoms with E-state index in [9.17, 15) is 13.2 Å². The van der Waals surface area contributed by atoms with E-state index < -0.39 is 9.84 Å². The van der Waals surface area contributed by atoms with Gasteiger partial charge in [-0.05, 0) is 44.6 Å². The summed E-state index contributed by atoms with van der Waals surface area (Å²) in [5, 5.41) is 4.03. The number of thiophene rings is 1. The largest absolute Gasteiger partial charge is 0.379 e. The summed E-state index contributed by atoms with van der Waals surface area (Å²) >= 11 is 1.77. The fourth-order valence-electron chi connectivity index (χ4n) is 5.13. The molecule has 1 aliphatic carbocycles. The second-order valence-electron chi connectivity index (χ2n) is 9.42. The van der Waals surface area contributed by atoms with E-state index in [1.165, 1.54) is 16.9 Å². The molecule has 186 valence electrons. The number of aromatic nitrogens is 2. The third kappa shape index (κ3) is 5.22. The monoisotopic (exact) mass is 507 g/mol. The molecule has 0 unspecified atom stereocenters. The Labute approximate surface area is 204 Å². The molecule has 2 aromatic rings. The van der Waals surface area contributed by atoms with Crippen molar-refractivity contribution in [3.63, 3.8) is 0 Å². The highest BCUT2D eigenvalue weighted by Gasteiger charge is 2.30. The molecule has 1 N–H and O–H groups in total. The van der Waals surface area contributed by atoms with Crippen molar-refractivity contribution in [2.24, 2.45) is 0 Å². The Morgan fingerprint density at radius 1 is 1.24 bits per heavy atom. The number of hydrogen-bond acceptors (Lipinski definition) is 9. The summed E-state index contributed by atoms with van der Waals surface area (Å²) in [5.41, 5.74) is 1.35. The van der Waals surface area contributed by atoms with E-state index in [1.807, 2.05) is 11.8 Å². The molecular weight excluding hydrogens is 474 g/mol. The van der Waals surface area contributed by atoms with Crippen molar-refractivity contribution in [3.05, 3.63) is 16.3 Å². The van der Waals surface area contributed by atoms with Gasteiger partial charge in [-0.3, -0.25) is 9.69 Å². The van der Waals surface area contributed by atoms with Gasteiger partial charge in [0.25, 0.3) is 0 Å². The van der Waals surface area contributed by atoms with Gasteiger partial charge in [0.2, 0.25) is 5.91 Å². The smallest absolute Gasteiger partial charge is 0.239 e. The molecular formula is C23H33N5O4S2. The van der Waals surface area contributed by atoms with Crippen LogP contribution in [-0.4, -0.2) is 86.1 Å². The molecule has 2 aliphatic heterocycles. The lowest BCUT2D eigenvalue weighted by molar-refractivity contribution is -0.120. The fourth-order valence-corrected chi connectivity index (χ4v) is 8.08. The number of aryl methyl sites for hydroxylation is 2. The Hall–Kier alpha value is -1.82. The van der Waals surface area contributed by atoms with E-state index in [2.05, 4.69) is 10.2 Å². The molecule has 0 spiro atoms. The fraction of sp³-hybridized carbons (Fsp3) is 0.696. The van der Waals surface area contributed by atoms with Crippen LogP contribution in [0.15, 0.2) is 0 Å². The number of fused-ring (bicyclic) bond motifs is 3. The second kappa shape index (κ2) is 10.0. The number of nitrogens with zero attached hydrogens (tertiary/aromatic N) is 4. The van der Waals surface area contributed by atoms with Crippen molar-refractivity contribution in [2.75, 3.05) is 55.8 Å². The molecule has 2 saturated heterocycles. The second-order valence-corrected chi connectivity index (χ2v) is 12.7. The number of amides is 1. The van der Waals surface area contributed by atoms with Crippen molar-refractivity contribution >= 4 is 43.1 Å². The summed E-state index contributed by atoms with van der Waals surface area (Å²) in [5.74, 6) is 1.64. The SMILES string of the molecule is CCN(CC(=O)N[C@@H]1CCS(=O)(=O)C1)c1nc(CN2CCOCC2)nc2sc3c(c12)CCCC3. The Kier molecular flexibility index (Phi) is 7.06. The summed E-state index contributed by atoms with van der Waals surface area (Å²) in [6.07, 6.45) is 4.96.